The topological polar surface area (TPSA) is 0 Å². The fourth-order valence-corrected chi connectivity index (χ4v) is 2.34. The lowest BCUT2D eigenvalue weighted by molar-refractivity contribution is 0.576. The van der Waals surface area contributed by atoms with E-state index in [1.54, 1.807) is 12.1 Å². The van der Waals surface area contributed by atoms with Gasteiger partial charge >= 0.3 is 0 Å². The van der Waals surface area contributed by atoms with Crippen molar-refractivity contribution in [2.75, 3.05) is 12.5 Å². The molecule has 0 saturated carbocycles. The zero-order chi connectivity index (χ0) is 9.14. The van der Waals surface area contributed by atoms with Crippen LogP contribution in [-0.4, -0.2) is 12.5 Å². The maximum absolute atomic E-state index is 13.4. The van der Waals surface area contributed by atoms with Gasteiger partial charge in [0.15, 0.2) is 5.82 Å². The Morgan fingerprint density at radius 2 is 1.92 bits per heavy atom. The first-order valence-electron chi connectivity index (χ1n) is 3.26. The fourth-order valence-electron chi connectivity index (χ4n) is 0.859. The average molecular weight is 223 g/mol. The molecule has 1 aromatic carbocycles. The predicted molar refractivity (Wildman–Crippen MR) is 55.0 cm³/mol. The van der Waals surface area contributed by atoms with Crippen molar-refractivity contribution in [2.24, 2.45) is 0 Å². The van der Waals surface area contributed by atoms with Crippen LogP contribution in [-0.2, 0) is 0 Å². The van der Waals surface area contributed by atoms with E-state index in [0.717, 1.165) is 0 Å². The van der Waals surface area contributed by atoms with Crippen molar-refractivity contribution >= 4 is 35.1 Å². The standard InChI is InChI=1S/C8H8ClFS2/c1-11-6-4-3-5(9)8(12-2)7(6)10/h3-4H,1-2H3. The molecule has 0 heterocycles. The van der Waals surface area contributed by atoms with Crippen molar-refractivity contribution in [1.29, 1.82) is 0 Å². The number of rotatable bonds is 2. The van der Waals surface area contributed by atoms with Crippen LogP contribution in [0.1, 0.15) is 0 Å². The third kappa shape index (κ3) is 1.90. The van der Waals surface area contributed by atoms with Gasteiger partial charge < -0.3 is 0 Å². The first kappa shape index (κ1) is 10.2. The van der Waals surface area contributed by atoms with Gasteiger partial charge in [-0.25, -0.2) is 4.39 Å². The van der Waals surface area contributed by atoms with Gasteiger partial charge in [0.25, 0.3) is 0 Å². The molecule has 0 fully saturated rings. The Morgan fingerprint density at radius 3 is 2.42 bits per heavy atom. The Morgan fingerprint density at radius 1 is 1.25 bits per heavy atom. The summed E-state index contributed by atoms with van der Waals surface area (Å²) >= 11 is 8.51. The van der Waals surface area contributed by atoms with Gasteiger partial charge in [-0.15, -0.1) is 23.5 Å². The normalized spacial score (nSPS) is 10.3. The molecule has 0 bridgehead atoms. The molecule has 0 aliphatic rings. The van der Waals surface area contributed by atoms with Crippen LogP contribution < -0.4 is 0 Å². The van der Waals surface area contributed by atoms with E-state index in [0.29, 0.717) is 14.8 Å². The smallest absolute Gasteiger partial charge is 0.151 e. The van der Waals surface area contributed by atoms with E-state index in [-0.39, 0.29) is 5.82 Å². The van der Waals surface area contributed by atoms with Crippen molar-refractivity contribution in [3.05, 3.63) is 23.0 Å². The van der Waals surface area contributed by atoms with Crippen molar-refractivity contribution in [3.63, 3.8) is 0 Å². The molecule has 0 aromatic heterocycles. The zero-order valence-electron chi connectivity index (χ0n) is 6.73. The summed E-state index contributed by atoms with van der Waals surface area (Å²) in [6, 6.07) is 3.42. The van der Waals surface area contributed by atoms with Crippen LogP contribution in [0.4, 0.5) is 4.39 Å². The fraction of sp³-hybridized carbons (Fsp3) is 0.250. The Bertz CT molecular complexity index is 289. The molecule has 0 atom stereocenters. The summed E-state index contributed by atoms with van der Waals surface area (Å²) in [6.45, 7) is 0. The second-order valence-corrected chi connectivity index (χ2v) is 4.17. The maximum atomic E-state index is 13.4. The summed E-state index contributed by atoms with van der Waals surface area (Å²) in [5.41, 5.74) is 0. The highest BCUT2D eigenvalue weighted by Gasteiger charge is 2.10. The number of benzene rings is 1. The highest BCUT2D eigenvalue weighted by Crippen LogP contribution is 2.33. The molecular formula is C8H8ClFS2. The van der Waals surface area contributed by atoms with E-state index in [4.69, 9.17) is 11.6 Å². The highest BCUT2D eigenvalue weighted by atomic mass is 35.5. The summed E-state index contributed by atoms with van der Waals surface area (Å²) < 4.78 is 13.4. The van der Waals surface area contributed by atoms with E-state index < -0.39 is 0 Å². The summed E-state index contributed by atoms with van der Waals surface area (Å²) in [4.78, 5) is 1.17. The van der Waals surface area contributed by atoms with Gasteiger partial charge in [0, 0.05) is 4.90 Å². The van der Waals surface area contributed by atoms with Gasteiger partial charge in [0.05, 0.1) is 9.92 Å². The van der Waals surface area contributed by atoms with Crippen molar-refractivity contribution in [2.45, 2.75) is 9.79 Å². The molecule has 0 radical (unpaired) electrons. The first-order valence-corrected chi connectivity index (χ1v) is 6.09. The molecule has 12 heavy (non-hydrogen) atoms. The second kappa shape index (κ2) is 4.40. The van der Waals surface area contributed by atoms with Gasteiger partial charge in [-0.1, -0.05) is 11.6 Å². The Labute approximate surface area is 84.9 Å². The molecule has 0 aliphatic carbocycles. The van der Waals surface area contributed by atoms with Gasteiger partial charge in [-0.05, 0) is 24.6 Å². The summed E-state index contributed by atoms with van der Waals surface area (Å²) in [7, 11) is 0. The minimum atomic E-state index is -0.206. The van der Waals surface area contributed by atoms with Crippen LogP contribution in [0.15, 0.2) is 21.9 Å². The van der Waals surface area contributed by atoms with Crippen molar-refractivity contribution < 1.29 is 4.39 Å². The monoisotopic (exact) mass is 222 g/mol. The van der Waals surface area contributed by atoms with Gasteiger partial charge in [0.2, 0.25) is 0 Å². The lowest BCUT2D eigenvalue weighted by Crippen LogP contribution is -1.85. The molecule has 0 spiro atoms. The molecule has 0 N–H and O–H groups in total. The molecule has 0 nitrogen and oxygen atoms in total. The highest BCUT2D eigenvalue weighted by molar-refractivity contribution is 7.99. The largest absolute Gasteiger partial charge is 0.204 e. The van der Waals surface area contributed by atoms with Crippen molar-refractivity contribution in [3.8, 4) is 0 Å². The molecule has 1 rings (SSSR count). The molecule has 0 saturated heterocycles. The van der Waals surface area contributed by atoms with E-state index in [2.05, 4.69) is 0 Å². The number of hydrogen-bond donors (Lipinski definition) is 0. The maximum Gasteiger partial charge on any atom is 0.151 e. The minimum absolute atomic E-state index is 0.206. The third-order valence-corrected chi connectivity index (χ3v) is 3.43. The van der Waals surface area contributed by atoms with Gasteiger partial charge in [-0.3, -0.25) is 0 Å². The van der Waals surface area contributed by atoms with Gasteiger partial charge in [-0.2, -0.15) is 0 Å². The number of thioether (sulfide) groups is 2. The molecule has 66 valence electrons. The number of hydrogen-bond acceptors (Lipinski definition) is 2. The average Bonchev–Trinajstić information content (AvgIpc) is 2.06. The van der Waals surface area contributed by atoms with E-state index in [9.17, 15) is 4.39 Å². The zero-order valence-corrected chi connectivity index (χ0v) is 9.12. The van der Waals surface area contributed by atoms with Crippen LogP contribution in [0.5, 0.6) is 0 Å². The number of halogens is 2. The molecular weight excluding hydrogens is 215 g/mol. The van der Waals surface area contributed by atoms with E-state index >= 15 is 0 Å². The van der Waals surface area contributed by atoms with Crippen molar-refractivity contribution in [1.82, 2.24) is 0 Å². The van der Waals surface area contributed by atoms with E-state index in [1.807, 2.05) is 12.5 Å². The summed E-state index contributed by atoms with van der Waals surface area (Å²) in [6.07, 6.45) is 3.66. The Hall–Kier alpha value is 0.140. The van der Waals surface area contributed by atoms with Crippen LogP contribution in [0.2, 0.25) is 5.02 Å². The summed E-state index contributed by atoms with van der Waals surface area (Å²) in [5.74, 6) is -0.206. The van der Waals surface area contributed by atoms with Crippen LogP contribution >= 0.6 is 35.1 Å². The summed E-state index contributed by atoms with van der Waals surface area (Å²) in [5, 5.41) is 0.484. The van der Waals surface area contributed by atoms with Crippen LogP contribution in [0, 0.1) is 5.82 Å². The molecule has 0 aliphatic heterocycles. The van der Waals surface area contributed by atoms with E-state index in [1.165, 1.54) is 23.5 Å². The Kier molecular flexibility index (Phi) is 3.75. The SMILES string of the molecule is CSc1ccc(Cl)c(SC)c1F. The van der Waals surface area contributed by atoms with Crippen LogP contribution in [0.25, 0.3) is 0 Å². The van der Waals surface area contributed by atoms with Crippen LogP contribution in [0.3, 0.4) is 0 Å². The minimum Gasteiger partial charge on any atom is -0.204 e. The molecule has 0 unspecified atom stereocenters. The predicted octanol–water partition coefficient (Wildman–Crippen LogP) is 3.92. The third-order valence-electron chi connectivity index (χ3n) is 1.44. The molecule has 1 aromatic rings. The Balaban J connectivity index is 3.24. The second-order valence-electron chi connectivity index (χ2n) is 2.10. The first-order chi connectivity index (χ1) is 5.70. The van der Waals surface area contributed by atoms with Gasteiger partial charge in [0.1, 0.15) is 0 Å². The lowest BCUT2D eigenvalue weighted by Gasteiger charge is -2.05. The quantitative estimate of drug-likeness (QED) is 0.696. The molecule has 0 amide bonds. The molecule has 4 heteroatoms. The lowest BCUT2D eigenvalue weighted by atomic mass is 10.3.